The van der Waals surface area contributed by atoms with Gasteiger partial charge in [0, 0.05) is 11.1 Å². The Hall–Kier alpha value is -2.10. The first-order valence-electron chi connectivity index (χ1n) is 4.40. The average Bonchev–Trinajstić information content (AvgIpc) is 2.27. The fourth-order valence-electron chi connectivity index (χ4n) is 1.47. The number of carboxylic acids is 1. The molecule has 4 heteroatoms. The molecule has 0 aromatic heterocycles. The highest BCUT2D eigenvalue weighted by atomic mass is 16.5. The number of ether oxygens (including phenoxy) is 1. The first-order valence-corrected chi connectivity index (χ1v) is 4.40. The summed E-state index contributed by atoms with van der Waals surface area (Å²) in [6.07, 6.45) is 1.48. The maximum Gasteiger partial charge on any atom is 0.377 e. The summed E-state index contributed by atoms with van der Waals surface area (Å²) in [5, 5.41) is 8.63. The highest BCUT2D eigenvalue weighted by molar-refractivity contribution is 6.51. The molecule has 1 aromatic rings. The Morgan fingerprint density at radius 2 is 2.00 bits per heavy atom. The molecule has 0 amide bonds. The Morgan fingerprint density at radius 1 is 1.27 bits per heavy atom. The molecule has 1 aliphatic rings. The van der Waals surface area contributed by atoms with Crippen LogP contribution in [-0.4, -0.2) is 23.5 Å². The highest BCUT2D eigenvalue weighted by Crippen LogP contribution is 2.29. The second-order valence-corrected chi connectivity index (χ2v) is 3.06. The number of fused-ring (bicyclic) bond motifs is 1. The Kier molecular flexibility index (Phi) is 2.25. The molecule has 0 bridgehead atoms. The third-order valence-corrected chi connectivity index (χ3v) is 2.14. The number of hydrogen-bond donors (Lipinski definition) is 1. The van der Waals surface area contributed by atoms with E-state index in [-0.39, 0.29) is 12.2 Å². The molecule has 1 N–H and O–H groups in total. The van der Waals surface area contributed by atoms with Gasteiger partial charge in [0.1, 0.15) is 12.4 Å². The second-order valence-electron chi connectivity index (χ2n) is 3.06. The van der Waals surface area contributed by atoms with Crippen molar-refractivity contribution in [2.24, 2.45) is 0 Å². The monoisotopic (exact) mass is 204 g/mol. The summed E-state index contributed by atoms with van der Waals surface area (Å²) in [6, 6.07) is 6.88. The van der Waals surface area contributed by atoms with E-state index in [4.69, 9.17) is 9.84 Å². The molecule has 0 saturated carbocycles. The van der Waals surface area contributed by atoms with E-state index >= 15 is 0 Å². The molecule has 0 radical (unpaired) electrons. The van der Waals surface area contributed by atoms with Crippen LogP contribution in [0.25, 0.3) is 5.57 Å². The van der Waals surface area contributed by atoms with E-state index in [2.05, 4.69) is 0 Å². The smallest absolute Gasteiger partial charge is 0.377 e. The molecule has 0 unspecified atom stereocenters. The molecule has 4 nitrogen and oxygen atoms in total. The van der Waals surface area contributed by atoms with Crippen LogP contribution in [0, 0.1) is 0 Å². The Balaban J connectivity index is 2.47. The summed E-state index contributed by atoms with van der Waals surface area (Å²) < 4.78 is 5.26. The molecule has 1 aromatic carbocycles. The van der Waals surface area contributed by atoms with Gasteiger partial charge in [-0.3, -0.25) is 4.79 Å². The Labute approximate surface area is 85.8 Å². The zero-order valence-corrected chi connectivity index (χ0v) is 7.77. The third-order valence-electron chi connectivity index (χ3n) is 2.14. The van der Waals surface area contributed by atoms with Crippen molar-refractivity contribution in [1.29, 1.82) is 0 Å². The lowest BCUT2D eigenvalue weighted by Crippen LogP contribution is -2.18. The molecule has 0 spiro atoms. The number of carboxylic acid groups (broad SMARTS) is 1. The number of para-hydroxylation sites is 1. The van der Waals surface area contributed by atoms with Gasteiger partial charge in [0.25, 0.3) is 5.78 Å². The van der Waals surface area contributed by atoms with Gasteiger partial charge >= 0.3 is 5.97 Å². The minimum Gasteiger partial charge on any atom is -0.489 e. The van der Waals surface area contributed by atoms with Crippen molar-refractivity contribution in [3.63, 3.8) is 0 Å². The second kappa shape index (κ2) is 3.57. The molecule has 15 heavy (non-hydrogen) atoms. The van der Waals surface area contributed by atoms with Crippen LogP contribution < -0.4 is 4.74 Å². The number of carbonyl (C=O) groups is 2. The number of hydrogen-bond acceptors (Lipinski definition) is 3. The predicted molar refractivity (Wildman–Crippen MR) is 52.6 cm³/mol. The summed E-state index contributed by atoms with van der Waals surface area (Å²) in [6.45, 7) is 0.228. The van der Waals surface area contributed by atoms with E-state index in [9.17, 15) is 9.59 Å². The van der Waals surface area contributed by atoms with Crippen molar-refractivity contribution in [2.45, 2.75) is 0 Å². The predicted octanol–water partition coefficient (Wildman–Crippen LogP) is 1.12. The van der Waals surface area contributed by atoms with Crippen LogP contribution in [0.2, 0.25) is 0 Å². The largest absolute Gasteiger partial charge is 0.489 e. The van der Waals surface area contributed by atoms with E-state index in [1.54, 1.807) is 24.3 Å². The van der Waals surface area contributed by atoms with Gasteiger partial charge in [0.2, 0.25) is 0 Å². The quantitative estimate of drug-likeness (QED) is 0.733. The van der Waals surface area contributed by atoms with Crippen molar-refractivity contribution in [2.75, 3.05) is 6.61 Å². The van der Waals surface area contributed by atoms with Gasteiger partial charge in [0.05, 0.1) is 0 Å². The number of Topliss-reactive ketones (excluding diaryl/α,β-unsaturated/α-hetero) is 1. The Morgan fingerprint density at radius 3 is 2.73 bits per heavy atom. The van der Waals surface area contributed by atoms with Gasteiger partial charge < -0.3 is 9.84 Å². The molecule has 0 aliphatic carbocycles. The van der Waals surface area contributed by atoms with E-state index in [1.165, 1.54) is 6.08 Å². The van der Waals surface area contributed by atoms with Crippen LogP contribution in [0.3, 0.4) is 0 Å². The fraction of sp³-hybridized carbons (Fsp3) is 0.0909. The van der Waals surface area contributed by atoms with Crippen LogP contribution in [0.1, 0.15) is 5.56 Å². The first-order chi connectivity index (χ1) is 7.20. The van der Waals surface area contributed by atoms with Gasteiger partial charge in [-0.05, 0) is 12.1 Å². The number of rotatable bonds is 2. The maximum atomic E-state index is 11.3. The van der Waals surface area contributed by atoms with Crippen molar-refractivity contribution in [1.82, 2.24) is 0 Å². The molecule has 2 rings (SSSR count). The minimum absolute atomic E-state index is 0.198. The zero-order chi connectivity index (χ0) is 10.8. The van der Waals surface area contributed by atoms with E-state index in [0.29, 0.717) is 11.3 Å². The minimum atomic E-state index is -1.45. The zero-order valence-electron chi connectivity index (χ0n) is 7.77. The van der Waals surface area contributed by atoms with E-state index in [1.807, 2.05) is 0 Å². The summed E-state index contributed by atoms with van der Waals surface area (Å²) >= 11 is 0. The fourth-order valence-corrected chi connectivity index (χ4v) is 1.47. The SMILES string of the molecule is O=C(O)C(=O)C1=CCOc2ccccc21. The van der Waals surface area contributed by atoms with Gasteiger partial charge in [-0.2, -0.15) is 0 Å². The third kappa shape index (κ3) is 1.61. The normalized spacial score (nSPS) is 13.5. The van der Waals surface area contributed by atoms with Crippen LogP contribution in [-0.2, 0) is 9.59 Å². The summed E-state index contributed by atoms with van der Waals surface area (Å²) in [5.74, 6) is -1.80. The standard InChI is InChI=1S/C11H8O4/c12-10(11(13)14)8-5-6-15-9-4-2-1-3-7(8)9/h1-5H,6H2,(H,13,14). The summed E-state index contributed by atoms with van der Waals surface area (Å²) in [7, 11) is 0. The lowest BCUT2D eigenvalue weighted by atomic mass is 9.99. The number of ketones is 1. The van der Waals surface area contributed by atoms with E-state index < -0.39 is 11.8 Å². The van der Waals surface area contributed by atoms with Crippen LogP contribution in [0.15, 0.2) is 30.3 Å². The molecule has 1 heterocycles. The van der Waals surface area contributed by atoms with Crippen LogP contribution >= 0.6 is 0 Å². The molecule has 0 atom stereocenters. The van der Waals surface area contributed by atoms with E-state index in [0.717, 1.165) is 0 Å². The van der Waals surface area contributed by atoms with Crippen molar-refractivity contribution < 1.29 is 19.4 Å². The van der Waals surface area contributed by atoms with Gasteiger partial charge in [-0.1, -0.05) is 18.2 Å². The Bertz CT molecular complexity index is 459. The lowest BCUT2D eigenvalue weighted by Gasteiger charge is -2.16. The van der Waals surface area contributed by atoms with Crippen molar-refractivity contribution in [3.8, 4) is 5.75 Å². The molecule has 0 saturated heterocycles. The van der Waals surface area contributed by atoms with Crippen LogP contribution in [0.5, 0.6) is 5.75 Å². The summed E-state index contributed by atoms with van der Waals surface area (Å²) in [4.78, 5) is 21.9. The molecular weight excluding hydrogens is 196 g/mol. The van der Waals surface area contributed by atoms with Crippen LogP contribution in [0.4, 0.5) is 0 Å². The molecule has 0 fully saturated rings. The van der Waals surface area contributed by atoms with Crippen molar-refractivity contribution in [3.05, 3.63) is 35.9 Å². The van der Waals surface area contributed by atoms with Crippen molar-refractivity contribution >= 4 is 17.3 Å². The lowest BCUT2D eigenvalue weighted by molar-refractivity contribution is -0.146. The number of aliphatic carboxylic acids is 1. The topological polar surface area (TPSA) is 63.6 Å². The first kappa shape index (κ1) is 9.45. The highest BCUT2D eigenvalue weighted by Gasteiger charge is 2.23. The average molecular weight is 204 g/mol. The summed E-state index contributed by atoms with van der Waals surface area (Å²) in [5.41, 5.74) is 0.737. The number of carbonyl (C=O) groups excluding carboxylic acids is 1. The van der Waals surface area contributed by atoms with Gasteiger partial charge in [0.15, 0.2) is 0 Å². The molecule has 76 valence electrons. The van der Waals surface area contributed by atoms with Gasteiger partial charge in [-0.25, -0.2) is 4.79 Å². The molecular formula is C11H8O4. The van der Waals surface area contributed by atoms with Gasteiger partial charge in [-0.15, -0.1) is 0 Å². The number of benzene rings is 1. The molecule has 1 aliphatic heterocycles. The maximum absolute atomic E-state index is 11.3.